The first-order chi connectivity index (χ1) is 11.1. The molecule has 2 amide bonds. The van der Waals surface area contributed by atoms with Gasteiger partial charge in [-0.25, -0.2) is 0 Å². The average Bonchev–Trinajstić information content (AvgIpc) is 2.98. The third-order valence-corrected chi connectivity index (χ3v) is 7.35. The van der Waals surface area contributed by atoms with Crippen LogP contribution in [0.25, 0.3) is 0 Å². The van der Waals surface area contributed by atoms with Gasteiger partial charge < -0.3 is 14.5 Å². The van der Waals surface area contributed by atoms with E-state index in [9.17, 15) is 9.59 Å². The molecule has 128 valence electrons. The molecule has 0 unspecified atom stereocenters. The SMILES string of the molecule is C[C@@H]1C[C@@H]1C(=O)N1CC2(C[C@H](OCC(=O)N3CCCC3)CS2)C1. The summed E-state index contributed by atoms with van der Waals surface area (Å²) < 4.78 is 6.07. The van der Waals surface area contributed by atoms with Crippen LogP contribution in [0.2, 0.25) is 0 Å². The Morgan fingerprint density at radius 1 is 1.22 bits per heavy atom. The minimum Gasteiger partial charge on any atom is -0.367 e. The molecule has 0 bridgehead atoms. The molecule has 3 atom stereocenters. The molecule has 4 aliphatic rings. The normalized spacial score (nSPS) is 34.7. The summed E-state index contributed by atoms with van der Waals surface area (Å²) >= 11 is 1.93. The molecule has 1 aliphatic carbocycles. The fourth-order valence-electron chi connectivity index (χ4n) is 4.08. The van der Waals surface area contributed by atoms with Crippen molar-refractivity contribution >= 4 is 23.6 Å². The topological polar surface area (TPSA) is 49.9 Å². The third kappa shape index (κ3) is 3.12. The summed E-state index contributed by atoms with van der Waals surface area (Å²) in [6.45, 7) is 5.91. The van der Waals surface area contributed by atoms with Crippen molar-refractivity contribution in [2.45, 2.75) is 43.5 Å². The summed E-state index contributed by atoms with van der Waals surface area (Å²) in [6.07, 6.45) is 4.47. The Bertz CT molecular complexity index is 500. The monoisotopic (exact) mass is 338 g/mol. The van der Waals surface area contributed by atoms with E-state index in [2.05, 4.69) is 6.92 Å². The van der Waals surface area contributed by atoms with Crippen molar-refractivity contribution in [3.05, 3.63) is 0 Å². The lowest BCUT2D eigenvalue weighted by molar-refractivity contribution is -0.139. The lowest BCUT2D eigenvalue weighted by atomic mass is 9.92. The molecule has 3 aliphatic heterocycles. The Hall–Kier alpha value is -0.750. The maximum absolute atomic E-state index is 12.2. The van der Waals surface area contributed by atoms with Crippen LogP contribution in [-0.2, 0) is 14.3 Å². The molecule has 5 nitrogen and oxygen atoms in total. The van der Waals surface area contributed by atoms with Gasteiger partial charge in [0.05, 0.1) is 10.9 Å². The first kappa shape index (κ1) is 15.8. The highest BCUT2D eigenvalue weighted by Crippen LogP contribution is 2.48. The zero-order valence-corrected chi connectivity index (χ0v) is 14.6. The number of thioether (sulfide) groups is 1. The van der Waals surface area contributed by atoms with Crippen LogP contribution in [0.5, 0.6) is 0 Å². The van der Waals surface area contributed by atoms with Crippen LogP contribution >= 0.6 is 11.8 Å². The van der Waals surface area contributed by atoms with Crippen molar-refractivity contribution in [3.63, 3.8) is 0 Å². The molecule has 1 spiro atoms. The standard InChI is InChI=1S/C17H26N2O3S/c1-12-6-14(12)16(21)19-10-17(11-19)7-13(9-23-17)22-8-15(20)18-4-2-3-5-18/h12-14H,2-11H2,1H3/t12-,13+,14+/m1/s1. The lowest BCUT2D eigenvalue weighted by Gasteiger charge is -2.47. The molecule has 23 heavy (non-hydrogen) atoms. The highest BCUT2D eigenvalue weighted by molar-refractivity contribution is 8.01. The lowest BCUT2D eigenvalue weighted by Crippen LogP contribution is -2.61. The minimum absolute atomic E-state index is 0.140. The van der Waals surface area contributed by atoms with E-state index in [0.717, 1.165) is 57.6 Å². The van der Waals surface area contributed by atoms with Crippen molar-refractivity contribution in [3.8, 4) is 0 Å². The second-order valence-electron chi connectivity index (χ2n) is 7.73. The van der Waals surface area contributed by atoms with Gasteiger partial charge in [-0.2, -0.15) is 0 Å². The quantitative estimate of drug-likeness (QED) is 0.777. The van der Waals surface area contributed by atoms with E-state index in [1.807, 2.05) is 21.6 Å². The molecule has 3 saturated heterocycles. The van der Waals surface area contributed by atoms with Crippen molar-refractivity contribution in [2.24, 2.45) is 11.8 Å². The van der Waals surface area contributed by atoms with Crippen molar-refractivity contribution < 1.29 is 14.3 Å². The smallest absolute Gasteiger partial charge is 0.248 e. The van der Waals surface area contributed by atoms with Crippen LogP contribution in [0.15, 0.2) is 0 Å². The Balaban J connectivity index is 1.20. The molecule has 0 radical (unpaired) electrons. The van der Waals surface area contributed by atoms with Crippen molar-refractivity contribution in [1.82, 2.24) is 9.80 Å². The van der Waals surface area contributed by atoms with E-state index in [4.69, 9.17) is 4.74 Å². The summed E-state index contributed by atoms with van der Waals surface area (Å²) in [4.78, 5) is 28.2. The van der Waals surface area contributed by atoms with Crippen molar-refractivity contribution in [1.29, 1.82) is 0 Å². The van der Waals surface area contributed by atoms with Crippen molar-refractivity contribution in [2.75, 3.05) is 38.5 Å². The van der Waals surface area contributed by atoms with Gasteiger partial charge in [0.2, 0.25) is 11.8 Å². The van der Waals surface area contributed by atoms with E-state index < -0.39 is 0 Å². The molecule has 1 saturated carbocycles. The molecular weight excluding hydrogens is 312 g/mol. The highest BCUT2D eigenvalue weighted by Gasteiger charge is 2.54. The summed E-state index contributed by atoms with van der Waals surface area (Å²) in [5.74, 6) is 2.33. The van der Waals surface area contributed by atoms with Gasteiger partial charge >= 0.3 is 0 Å². The predicted octanol–water partition coefficient (Wildman–Crippen LogP) is 1.37. The number of nitrogens with zero attached hydrogens (tertiary/aromatic N) is 2. The van der Waals surface area contributed by atoms with Gasteiger partial charge in [0.1, 0.15) is 6.61 Å². The molecule has 4 fully saturated rings. The van der Waals surface area contributed by atoms with Crippen LogP contribution in [0.4, 0.5) is 0 Å². The number of rotatable bonds is 4. The Labute approximate surface area is 142 Å². The fraction of sp³-hybridized carbons (Fsp3) is 0.882. The zero-order chi connectivity index (χ0) is 16.0. The molecule has 0 N–H and O–H groups in total. The number of ether oxygens (including phenoxy) is 1. The van der Waals surface area contributed by atoms with Crippen LogP contribution in [-0.4, -0.2) is 71.0 Å². The summed E-state index contributed by atoms with van der Waals surface area (Å²) in [7, 11) is 0. The molecule has 3 heterocycles. The number of carbonyl (C=O) groups excluding carboxylic acids is 2. The van der Waals surface area contributed by atoms with Gasteiger partial charge in [0.15, 0.2) is 0 Å². The number of amides is 2. The average molecular weight is 338 g/mol. The van der Waals surface area contributed by atoms with Gasteiger partial charge in [-0.3, -0.25) is 9.59 Å². The third-order valence-electron chi connectivity index (χ3n) is 5.77. The Morgan fingerprint density at radius 2 is 1.91 bits per heavy atom. The first-order valence-electron chi connectivity index (χ1n) is 8.88. The van der Waals surface area contributed by atoms with Crippen LogP contribution < -0.4 is 0 Å². The minimum atomic E-state index is 0.140. The van der Waals surface area contributed by atoms with Gasteiger partial charge in [-0.05, 0) is 31.6 Å². The van der Waals surface area contributed by atoms with Gasteiger partial charge in [0.25, 0.3) is 0 Å². The molecule has 0 aromatic rings. The second kappa shape index (κ2) is 5.96. The van der Waals surface area contributed by atoms with Crippen LogP contribution in [0.3, 0.4) is 0 Å². The molecule has 0 aromatic carbocycles. The van der Waals surface area contributed by atoms with E-state index in [0.29, 0.717) is 17.7 Å². The largest absolute Gasteiger partial charge is 0.367 e. The van der Waals surface area contributed by atoms with Crippen LogP contribution in [0, 0.1) is 11.8 Å². The van der Waals surface area contributed by atoms with E-state index in [1.54, 1.807) is 0 Å². The molecule has 4 rings (SSSR count). The number of carbonyl (C=O) groups is 2. The van der Waals surface area contributed by atoms with Gasteiger partial charge in [-0.1, -0.05) is 6.92 Å². The van der Waals surface area contributed by atoms with Crippen LogP contribution in [0.1, 0.15) is 32.6 Å². The number of hydrogen-bond acceptors (Lipinski definition) is 4. The number of likely N-dealkylation sites (tertiary alicyclic amines) is 2. The zero-order valence-electron chi connectivity index (χ0n) is 13.8. The maximum Gasteiger partial charge on any atom is 0.248 e. The highest BCUT2D eigenvalue weighted by atomic mass is 32.2. The van der Waals surface area contributed by atoms with E-state index in [-0.39, 0.29) is 23.4 Å². The second-order valence-corrected chi connectivity index (χ2v) is 9.22. The predicted molar refractivity (Wildman–Crippen MR) is 89.2 cm³/mol. The Kier molecular flexibility index (Phi) is 4.08. The molecule has 0 aromatic heterocycles. The van der Waals surface area contributed by atoms with Gasteiger partial charge in [-0.15, -0.1) is 11.8 Å². The molecular formula is C17H26N2O3S. The first-order valence-corrected chi connectivity index (χ1v) is 9.87. The Morgan fingerprint density at radius 3 is 2.57 bits per heavy atom. The summed E-state index contributed by atoms with van der Waals surface area (Å²) in [5.41, 5.74) is 0. The van der Waals surface area contributed by atoms with E-state index >= 15 is 0 Å². The van der Waals surface area contributed by atoms with E-state index in [1.165, 1.54) is 0 Å². The summed E-state index contributed by atoms with van der Waals surface area (Å²) in [5, 5.41) is 0. The fourth-order valence-corrected chi connectivity index (χ4v) is 5.63. The maximum atomic E-state index is 12.2. The van der Waals surface area contributed by atoms with Gasteiger partial charge in [0, 0.05) is 37.8 Å². The summed E-state index contributed by atoms with van der Waals surface area (Å²) in [6, 6.07) is 0. The number of hydrogen-bond donors (Lipinski definition) is 0. The molecule has 6 heteroatoms.